The van der Waals surface area contributed by atoms with Gasteiger partial charge in [0.05, 0.1) is 20.8 Å². The van der Waals surface area contributed by atoms with Gasteiger partial charge in [0, 0.05) is 24.7 Å². The zero-order valence-electron chi connectivity index (χ0n) is 18.8. The highest BCUT2D eigenvalue weighted by atomic mass is 32.2. The van der Waals surface area contributed by atoms with E-state index in [-0.39, 0.29) is 10.7 Å². The number of ether oxygens (including phenoxy) is 1. The summed E-state index contributed by atoms with van der Waals surface area (Å²) in [4.78, 5) is 17.9. The van der Waals surface area contributed by atoms with Crippen molar-refractivity contribution in [2.24, 2.45) is 5.41 Å². The van der Waals surface area contributed by atoms with Crippen molar-refractivity contribution in [3.8, 4) is 5.75 Å². The molecule has 0 radical (unpaired) electrons. The highest BCUT2D eigenvalue weighted by molar-refractivity contribution is 7.91. The van der Waals surface area contributed by atoms with E-state index >= 15 is 0 Å². The van der Waals surface area contributed by atoms with Crippen LogP contribution in [0.15, 0.2) is 35.5 Å². The second-order valence-electron chi connectivity index (χ2n) is 8.53. The maximum atomic E-state index is 14.4. The molecule has 2 N–H and O–H groups in total. The highest BCUT2D eigenvalue weighted by Gasteiger charge is 2.56. The summed E-state index contributed by atoms with van der Waals surface area (Å²) in [5, 5.41) is 2.15. The Bertz CT molecular complexity index is 1260. The van der Waals surface area contributed by atoms with Gasteiger partial charge in [0.2, 0.25) is 11.7 Å². The summed E-state index contributed by atoms with van der Waals surface area (Å²) in [7, 11) is -3.29. The summed E-state index contributed by atoms with van der Waals surface area (Å²) in [6.07, 6.45) is -3.96. The van der Waals surface area contributed by atoms with E-state index < -0.39 is 82.3 Å². The Balaban J connectivity index is 2.06. The van der Waals surface area contributed by atoms with Crippen LogP contribution in [0.5, 0.6) is 5.75 Å². The number of nitrogens with zero attached hydrogens (tertiary/aromatic N) is 2. The molecule has 1 aliphatic rings. The fourth-order valence-electron chi connectivity index (χ4n) is 3.82. The SMILES string of the molecule is C[C@@]1(C(F)(F)F)CCN(c2ccc(F)c(F)c2OC(F)F)C(C(=O)Nc2ccnc([S@](C)(=N)=O)c2)C1. The summed E-state index contributed by atoms with van der Waals surface area (Å²) in [5.74, 6) is -5.61. The van der Waals surface area contributed by atoms with Gasteiger partial charge >= 0.3 is 12.8 Å². The number of amides is 1. The Hall–Kier alpha value is -3.10. The number of piperidine rings is 1. The first-order valence-electron chi connectivity index (χ1n) is 10.3. The number of anilines is 2. The monoisotopic (exact) mass is 542 g/mol. The van der Waals surface area contributed by atoms with Crippen LogP contribution in [0.4, 0.5) is 42.1 Å². The molecule has 2 aromatic rings. The Kier molecular flexibility index (Phi) is 7.44. The van der Waals surface area contributed by atoms with Crippen LogP contribution in [-0.4, -0.2) is 46.7 Å². The number of pyridine rings is 1. The number of nitrogens with one attached hydrogen (secondary N) is 2. The van der Waals surface area contributed by atoms with Crippen LogP contribution in [-0.2, 0) is 14.5 Å². The highest BCUT2D eigenvalue weighted by Crippen LogP contribution is 2.49. The summed E-state index contributed by atoms with van der Waals surface area (Å²) in [6.45, 7) is -3.22. The molecule has 1 saturated heterocycles. The molecule has 0 spiro atoms. The molecule has 1 unspecified atom stereocenters. The third kappa shape index (κ3) is 5.65. The van der Waals surface area contributed by atoms with Gasteiger partial charge in [0.1, 0.15) is 11.1 Å². The fourth-order valence-corrected chi connectivity index (χ4v) is 4.43. The maximum Gasteiger partial charge on any atom is 0.394 e. The fraction of sp³-hybridized carbons (Fsp3) is 0.429. The number of hydrogen-bond acceptors (Lipinski definition) is 6. The van der Waals surface area contributed by atoms with Gasteiger partial charge in [-0.1, -0.05) is 6.92 Å². The number of rotatable bonds is 6. The molecule has 198 valence electrons. The number of carbonyl (C=O) groups is 1. The minimum Gasteiger partial charge on any atom is -0.429 e. The third-order valence-electron chi connectivity index (χ3n) is 5.86. The molecule has 3 atom stereocenters. The first-order chi connectivity index (χ1) is 16.5. The van der Waals surface area contributed by atoms with E-state index in [1.54, 1.807) is 0 Å². The lowest BCUT2D eigenvalue weighted by atomic mass is 9.75. The molecule has 0 bridgehead atoms. The topological polar surface area (TPSA) is 95.4 Å². The van der Waals surface area contributed by atoms with Crippen molar-refractivity contribution in [3.63, 3.8) is 0 Å². The molecule has 1 amide bonds. The molecule has 2 heterocycles. The first-order valence-corrected chi connectivity index (χ1v) is 12.3. The van der Waals surface area contributed by atoms with Gasteiger partial charge in [0.15, 0.2) is 11.6 Å². The third-order valence-corrected chi connectivity index (χ3v) is 6.88. The van der Waals surface area contributed by atoms with Gasteiger partial charge in [0.25, 0.3) is 0 Å². The lowest BCUT2D eigenvalue weighted by Gasteiger charge is -2.46. The molecule has 36 heavy (non-hydrogen) atoms. The molecule has 15 heteroatoms. The van der Waals surface area contributed by atoms with Crippen LogP contribution in [0, 0.1) is 21.8 Å². The summed E-state index contributed by atoms with van der Waals surface area (Å²) in [6, 6.07) is 2.08. The number of alkyl halides is 5. The van der Waals surface area contributed by atoms with E-state index in [0.29, 0.717) is 6.07 Å². The van der Waals surface area contributed by atoms with Crippen LogP contribution in [0.25, 0.3) is 0 Å². The first kappa shape index (κ1) is 27.5. The van der Waals surface area contributed by atoms with E-state index in [1.165, 1.54) is 6.07 Å². The van der Waals surface area contributed by atoms with Crippen LogP contribution >= 0.6 is 0 Å². The van der Waals surface area contributed by atoms with Crippen molar-refractivity contribution in [2.45, 2.75) is 43.6 Å². The van der Waals surface area contributed by atoms with Gasteiger partial charge in [-0.3, -0.25) is 4.79 Å². The van der Waals surface area contributed by atoms with Gasteiger partial charge in [-0.15, -0.1) is 0 Å². The second kappa shape index (κ2) is 9.75. The Morgan fingerprint density at radius 3 is 2.56 bits per heavy atom. The number of carbonyl (C=O) groups excluding carboxylic acids is 1. The van der Waals surface area contributed by atoms with E-state index in [9.17, 15) is 39.7 Å². The van der Waals surface area contributed by atoms with Crippen LogP contribution < -0.4 is 15.0 Å². The second-order valence-corrected chi connectivity index (χ2v) is 10.6. The molecule has 0 saturated carbocycles. The maximum absolute atomic E-state index is 14.4. The molecular formula is C21H21F7N4O3S. The van der Waals surface area contributed by atoms with Gasteiger partial charge in [-0.2, -0.15) is 26.3 Å². The Morgan fingerprint density at radius 2 is 1.97 bits per heavy atom. The quantitative estimate of drug-likeness (QED) is 0.491. The average Bonchev–Trinajstić information content (AvgIpc) is 2.76. The largest absolute Gasteiger partial charge is 0.429 e. The smallest absolute Gasteiger partial charge is 0.394 e. The molecular weight excluding hydrogens is 521 g/mol. The molecule has 1 aromatic heterocycles. The summed E-state index contributed by atoms with van der Waals surface area (Å²) in [5.41, 5.74) is -2.94. The molecule has 1 aromatic carbocycles. The lowest BCUT2D eigenvalue weighted by Crippen LogP contribution is -2.56. The Labute approximate surface area is 201 Å². The molecule has 7 nitrogen and oxygen atoms in total. The number of halogens is 7. The standard InChI is InChI=1S/C21H21F7N4O3S/c1-20(21(26,27)28)6-8-32(13-4-3-12(22)16(23)17(13)35-19(24)25)14(10-20)18(33)31-11-5-7-30-15(9-11)36(2,29)34/h3-5,7,9,14,19,29H,6,8,10H2,1-2H3,(H,30,31,33)/t14?,20-,36-/m1/s1. The average molecular weight is 542 g/mol. The van der Waals surface area contributed by atoms with Gasteiger partial charge < -0.3 is 15.0 Å². The van der Waals surface area contributed by atoms with E-state index in [0.717, 1.165) is 36.4 Å². The predicted molar refractivity (Wildman–Crippen MR) is 115 cm³/mol. The van der Waals surface area contributed by atoms with Crippen molar-refractivity contribution in [1.29, 1.82) is 4.78 Å². The van der Waals surface area contributed by atoms with E-state index in [2.05, 4.69) is 15.0 Å². The van der Waals surface area contributed by atoms with Crippen molar-refractivity contribution < 1.29 is 44.5 Å². The molecule has 1 fully saturated rings. The van der Waals surface area contributed by atoms with Crippen LogP contribution in [0.3, 0.4) is 0 Å². The number of aromatic nitrogens is 1. The lowest BCUT2D eigenvalue weighted by molar-refractivity contribution is -0.226. The molecule has 1 aliphatic heterocycles. The Morgan fingerprint density at radius 1 is 1.31 bits per heavy atom. The van der Waals surface area contributed by atoms with E-state index in [1.807, 2.05) is 0 Å². The van der Waals surface area contributed by atoms with Crippen molar-refractivity contribution in [2.75, 3.05) is 23.0 Å². The molecule has 0 aliphatic carbocycles. The van der Waals surface area contributed by atoms with Crippen LogP contribution in [0.2, 0.25) is 0 Å². The van der Waals surface area contributed by atoms with Crippen molar-refractivity contribution >= 4 is 27.0 Å². The number of benzene rings is 1. The predicted octanol–water partition coefficient (Wildman–Crippen LogP) is 5.17. The zero-order chi connectivity index (χ0) is 27.1. The van der Waals surface area contributed by atoms with Crippen molar-refractivity contribution in [3.05, 3.63) is 42.1 Å². The minimum atomic E-state index is -4.74. The number of hydrogen-bond donors (Lipinski definition) is 2. The summed E-state index contributed by atoms with van der Waals surface area (Å²) >= 11 is 0. The molecule has 3 rings (SSSR count). The summed E-state index contributed by atoms with van der Waals surface area (Å²) < 4.78 is 119. The van der Waals surface area contributed by atoms with E-state index in [4.69, 9.17) is 4.78 Å². The van der Waals surface area contributed by atoms with Gasteiger partial charge in [-0.05, 0) is 37.1 Å². The van der Waals surface area contributed by atoms with Crippen LogP contribution in [0.1, 0.15) is 19.8 Å². The zero-order valence-corrected chi connectivity index (χ0v) is 19.7. The van der Waals surface area contributed by atoms with Crippen molar-refractivity contribution in [1.82, 2.24) is 4.98 Å². The normalized spacial score (nSPS) is 22.3. The van der Waals surface area contributed by atoms with Gasteiger partial charge in [-0.25, -0.2) is 18.4 Å². The minimum absolute atomic E-state index is 0.0413.